The molecule has 26 heavy (non-hydrogen) atoms. The highest BCUT2D eigenvalue weighted by Gasteiger charge is 2.27. The van der Waals surface area contributed by atoms with Crippen LogP contribution < -0.4 is 10.6 Å². The molecule has 2 N–H and O–H groups in total. The molecular formula is C20H32N6. The van der Waals surface area contributed by atoms with Gasteiger partial charge in [-0.2, -0.15) is 0 Å². The number of hydrogen-bond donors (Lipinski definition) is 2. The fourth-order valence-electron chi connectivity index (χ4n) is 3.55. The lowest BCUT2D eigenvalue weighted by Crippen LogP contribution is -2.55. The lowest BCUT2D eigenvalue weighted by molar-refractivity contribution is 0.0982. The minimum atomic E-state index is 0.139. The Kier molecular flexibility index (Phi) is 6.14. The molecule has 0 aromatic carbocycles. The van der Waals surface area contributed by atoms with Crippen LogP contribution >= 0.6 is 0 Å². The third-order valence-corrected chi connectivity index (χ3v) is 5.21. The number of nitrogens with one attached hydrogen (secondary N) is 2. The van der Waals surface area contributed by atoms with E-state index in [-0.39, 0.29) is 5.54 Å². The van der Waals surface area contributed by atoms with Crippen LogP contribution in [0.25, 0.3) is 5.65 Å². The van der Waals surface area contributed by atoms with Gasteiger partial charge in [0.05, 0.1) is 5.69 Å². The maximum absolute atomic E-state index is 4.64. The van der Waals surface area contributed by atoms with Crippen molar-refractivity contribution >= 4 is 11.6 Å². The summed E-state index contributed by atoms with van der Waals surface area (Å²) in [7, 11) is 1.83. The number of aromatic nitrogens is 2. The van der Waals surface area contributed by atoms with Crippen LogP contribution in [0.1, 0.15) is 38.8 Å². The highest BCUT2D eigenvalue weighted by atomic mass is 15.2. The fourth-order valence-corrected chi connectivity index (χ4v) is 3.55. The summed E-state index contributed by atoms with van der Waals surface area (Å²) >= 11 is 0. The van der Waals surface area contributed by atoms with Crippen LogP contribution in [-0.2, 0) is 6.42 Å². The van der Waals surface area contributed by atoms with E-state index in [2.05, 4.69) is 50.0 Å². The number of hydrogen-bond acceptors (Lipinski definition) is 3. The van der Waals surface area contributed by atoms with Gasteiger partial charge in [-0.25, -0.2) is 4.98 Å². The highest BCUT2D eigenvalue weighted by molar-refractivity contribution is 5.79. The molecule has 1 aliphatic rings. The van der Waals surface area contributed by atoms with Crippen LogP contribution in [0.4, 0.5) is 0 Å². The number of nitrogens with zero attached hydrogens (tertiary/aromatic N) is 4. The van der Waals surface area contributed by atoms with Crippen LogP contribution in [0.3, 0.4) is 0 Å². The Labute approximate surface area is 156 Å². The minimum Gasteiger partial charge on any atom is -0.356 e. The average molecular weight is 357 g/mol. The normalized spacial score (nSPS) is 16.8. The average Bonchev–Trinajstić information content (AvgIpc) is 3.08. The van der Waals surface area contributed by atoms with E-state index < -0.39 is 0 Å². The Morgan fingerprint density at radius 2 is 2.00 bits per heavy atom. The number of pyridine rings is 1. The van der Waals surface area contributed by atoms with Crippen molar-refractivity contribution in [1.29, 1.82) is 0 Å². The Bertz CT molecular complexity index is 694. The first-order chi connectivity index (χ1) is 12.6. The molecule has 0 aliphatic carbocycles. The summed E-state index contributed by atoms with van der Waals surface area (Å²) in [5.74, 6) is 0.860. The quantitative estimate of drug-likeness (QED) is 0.616. The molecule has 0 atom stereocenters. The summed E-state index contributed by atoms with van der Waals surface area (Å²) in [4.78, 5) is 11.6. The molecule has 0 saturated carbocycles. The third kappa shape index (κ3) is 4.75. The third-order valence-electron chi connectivity index (χ3n) is 5.21. The first-order valence-corrected chi connectivity index (χ1v) is 9.71. The predicted molar refractivity (Wildman–Crippen MR) is 108 cm³/mol. The van der Waals surface area contributed by atoms with Crippen molar-refractivity contribution in [3.05, 3.63) is 36.3 Å². The topological polar surface area (TPSA) is 57.0 Å². The molecular weight excluding hydrogens is 324 g/mol. The molecule has 3 heterocycles. The molecule has 1 saturated heterocycles. The standard InChI is InChI=1S/C20H32N6/c1-20(2,26-13-6-4-7-14-26)16-23-19(21-3)22-11-10-17-15-25-12-8-5-9-18(25)24-17/h5,8-9,12,15H,4,6-7,10-11,13-14,16H2,1-3H3,(H2,21,22,23). The van der Waals surface area contributed by atoms with E-state index in [9.17, 15) is 0 Å². The van der Waals surface area contributed by atoms with E-state index in [0.717, 1.165) is 36.8 Å². The van der Waals surface area contributed by atoms with Gasteiger partial charge in [-0.05, 0) is 51.9 Å². The van der Waals surface area contributed by atoms with Crippen molar-refractivity contribution in [2.75, 3.05) is 33.2 Å². The van der Waals surface area contributed by atoms with Gasteiger partial charge in [0, 0.05) is 44.5 Å². The zero-order valence-corrected chi connectivity index (χ0v) is 16.3. The Morgan fingerprint density at radius 3 is 2.73 bits per heavy atom. The van der Waals surface area contributed by atoms with Crippen molar-refractivity contribution < 1.29 is 0 Å². The zero-order chi connectivity index (χ0) is 18.4. The van der Waals surface area contributed by atoms with Gasteiger partial charge in [-0.15, -0.1) is 0 Å². The monoisotopic (exact) mass is 356 g/mol. The molecule has 1 fully saturated rings. The zero-order valence-electron chi connectivity index (χ0n) is 16.3. The number of rotatable bonds is 6. The first-order valence-electron chi connectivity index (χ1n) is 9.71. The van der Waals surface area contributed by atoms with Crippen LogP contribution in [0.2, 0.25) is 0 Å². The molecule has 0 bridgehead atoms. The second kappa shape index (κ2) is 8.54. The number of imidazole rings is 1. The summed E-state index contributed by atoms with van der Waals surface area (Å²) in [6.45, 7) is 8.74. The fraction of sp³-hybridized carbons (Fsp3) is 0.600. The number of likely N-dealkylation sites (tertiary alicyclic amines) is 1. The Balaban J connectivity index is 1.45. The minimum absolute atomic E-state index is 0.139. The van der Waals surface area contributed by atoms with Crippen molar-refractivity contribution in [3.63, 3.8) is 0 Å². The molecule has 3 rings (SSSR count). The Hall–Kier alpha value is -2.08. The van der Waals surface area contributed by atoms with Crippen LogP contribution in [0.5, 0.6) is 0 Å². The molecule has 0 radical (unpaired) electrons. The van der Waals surface area contributed by atoms with E-state index in [1.807, 2.05) is 31.4 Å². The molecule has 6 nitrogen and oxygen atoms in total. The maximum atomic E-state index is 4.64. The maximum Gasteiger partial charge on any atom is 0.191 e. The lowest BCUT2D eigenvalue weighted by atomic mass is 9.98. The van der Waals surface area contributed by atoms with Crippen molar-refractivity contribution in [3.8, 4) is 0 Å². The van der Waals surface area contributed by atoms with Crippen LogP contribution in [0.15, 0.2) is 35.6 Å². The van der Waals surface area contributed by atoms with E-state index in [1.165, 1.54) is 32.4 Å². The van der Waals surface area contributed by atoms with Gasteiger partial charge in [0.2, 0.25) is 0 Å². The molecule has 6 heteroatoms. The summed E-state index contributed by atoms with van der Waals surface area (Å²) in [6.07, 6.45) is 8.99. The predicted octanol–water partition coefficient (Wildman–Crippen LogP) is 2.31. The van der Waals surface area contributed by atoms with Gasteiger partial charge in [-0.3, -0.25) is 9.89 Å². The van der Waals surface area contributed by atoms with E-state index >= 15 is 0 Å². The largest absolute Gasteiger partial charge is 0.356 e. The molecule has 1 aliphatic heterocycles. The lowest BCUT2D eigenvalue weighted by Gasteiger charge is -2.41. The van der Waals surface area contributed by atoms with Gasteiger partial charge < -0.3 is 15.0 Å². The van der Waals surface area contributed by atoms with Crippen molar-refractivity contribution in [1.82, 2.24) is 24.9 Å². The number of fused-ring (bicyclic) bond motifs is 1. The van der Waals surface area contributed by atoms with Crippen molar-refractivity contribution in [2.24, 2.45) is 4.99 Å². The van der Waals surface area contributed by atoms with E-state index in [1.54, 1.807) is 0 Å². The van der Waals surface area contributed by atoms with Gasteiger partial charge in [0.25, 0.3) is 0 Å². The van der Waals surface area contributed by atoms with Gasteiger partial charge >= 0.3 is 0 Å². The molecule has 0 unspecified atom stereocenters. The highest BCUT2D eigenvalue weighted by Crippen LogP contribution is 2.19. The molecule has 0 amide bonds. The summed E-state index contributed by atoms with van der Waals surface area (Å²) < 4.78 is 2.06. The van der Waals surface area contributed by atoms with E-state index in [0.29, 0.717) is 0 Å². The number of piperidine rings is 1. The van der Waals surface area contributed by atoms with E-state index in [4.69, 9.17) is 0 Å². The number of aliphatic imine (C=N–C) groups is 1. The second-order valence-corrected chi connectivity index (χ2v) is 7.66. The summed E-state index contributed by atoms with van der Waals surface area (Å²) in [5, 5.41) is 6.90. The summed E-state index contributed by atoms with van der Waals surface area (Å²) in [5.41, 5.74) is 2.22. The molecule has 2 aromatic rings. The Morgan fingerprint density at radius 1 is 1.19 bits per heavy atom. The molecule has 0 spiro atoms. The van der Waals surface area contributed by atoms with Crippen LogP contribution in [-0.4, -0.2) is 59.0 Å². The summed E-state index contributed by atoms with van der Waals surface area (Å²) in [6, 6.07) is 6.06. The SMILES string of the molecule is CN=C(NCCc1cn2ccccc2n1)NCC(C)(C)N1CCCCC1. The van der Waals surface area contributed by atoms with Crippen molar-refractivity contribution in [2.45, 2.75) is 45.1 Å². The number of guanidine groups is 1. The smallest absolute Gasteiger partial charge is 0.191 e. The molecule has 2 aromatic heterocycles. The van der Waals surface area contributed by atoms with Gasteiger partial charge in [0.1, 0.15) is 5.65 Å². The first kappa shape index (κ1) is 18.7. The van der Waals surface area contributed by atoms with Gasteiger partial charge in [0.15, 0.2) is 5.96 Å². The second-order valence-electron chi connectivity index (χ2n) is 7.66. The molecule has 142 valence electrons. The van der Waals surface area contributed by atoms with Gasteiger partial charge in [-0.1, -0.05) is 12.5 Å². The van der Waals surface area contributed by atoms with Crippen LogP contribution in [0, 0.1) is 0 Å².